The Balaban J connectivity index is 1.42. The van der Waals surface area contributed by atoms with Gasteiger partial charge in [-0.3, -0.25) is 9.59 Å². The maximum atomic E-state index is 12.7. The van der Waals surface area contributed by atoms with Crippen LogP contribution in [0.15, 0.2) is 0 Å². The molecule has 2 N–H and O–H groups in total. The van der Waals surface area contributed by atoms with Gasteiger partial charge in [0.05, 0.1) is 12.2 Å². The predicted octanol–water partition coefficient (Wildman–Crippen LogP) is 3.36. The van der Waals surface area contributed by atoms with E-state index in [0.717, 1.165) is 64.2 Å². The van der Waals surface area contributed by atoms with Crippen LogP contribution >= 0.6 is 0 Å². The molecule has 5 heteroatoms. The Kier molecular flexibility index (Phi) is 7.71. The van der Waals surface area contributed by atoms with Gasteiger partial charge < -0.3 is 15.4 Å². The average Bonchev–Trinajstić information content (AvgIpc) is 2.69. The van der Waals surface area contributed by atoms with E-state index in [2.05, 4.69) is 10.6 Å². The van der Waals surface area contributed by atoms with Gasteiger partial charge in [-0.15, -0.1) is 0 Å². The normalized spacial score (nSPS) is 37.6. The van der Waals surface area contributed by atoms with Crippen LogP contribution in [0.3, 0.4) is 0 Å². The van der Waals surface area contributed by atoms with Gasteiger partial charge in [-0.25, -0.2) is 0 Å². The molecule has 0 aromatic carbocycles. The minimum atomic E-state index is 0.0192. The van der Waals surface area contributed by atoms with E-state index in [9.17, 15) is 9.59 Å². The molecule has 0 radical (unpaired) electrons. The topological polar surface area (TPSA) is 67.4 Å². The van der Waals surface area contributed by atoms with Crippen molar-refractivity contribution in [2.75, 3.05) is 7.05 Å². The molecule has 3 aliphatic rings. The van der Waals surface area contributed by atoms with E-state index in [1.807, 2.05) is 7.05 Å². The van der Waals surface area contributed by atoms with Crippen molar-refractivity contribution in [3.63, 3.8) is 0 Å². The number of carbonyl (C=O) groups is 2. The minimum Gasteiger partial charge on any atom is -0.375 e. The highest BCUT2D eigenvalue weighted by Crippen LogP contribution is 2.31. The summed E-state index contributed by atoms with van der Waals surface area (Å²) in [4.78, 5) is 24.4. The summed E-state index contributed by atoms with van der Waals surface area (Å²) in [6, 6.07) is 0.889. The second-order valence-electron chi connectivity index (χ2n) is 9.06. The molecule has 0 aromatic rings. The Labute approximate surface area is 164 Å². The second-order valence-corrected chi connectivity index (χ2v) is 9.06. The van der Waals surface area contributed by atoms with Crippen molar-refractivity contribution < 1.29 is 14.3 Å². The molecule has 0 aliphatic heterocycles. The first kappa shape index (κ1) is 20.8. The molecule has 0 aromatic heterocycles. The van der Waals surface area contributed by atoms with Gasteiger partial charge in [-0.2, -0.15) is 0 Å². The summed E-state index contributed by atoms with van der Waals surface area (Å²) < 4.78 is 6.41. The molecular formula is C22H38N2O3. The zero-order valence-corrected chi connectivity index (χ0v) is 17.2. The first-order valence-electron chi connectivity index (χ1n) is 11.2. The van der Waals surface area contributed by atoms with Crippen LogP contribution in [0, 0.1) is 11.8 Å². The molecule has 4 atom stereocenters. The van der Waals surface area contributed by atoms with Crippen molar-refractivity contribution in [2.24, 2.45) is 11.8 Å². The van der Waals surface area contributed by atoms with E-state index in [0.29, 0.717) is 12.1 Å². The Bertz CT molecular complexity index is 502. The quantitative estimate of drug-likeness (QED) is 0.744. The third-order valence-electron chi connectivity index (χ3n) is 7.06. The first-order valence-corrected chi connectivity index (χ1v) is 11.2. The fraction of sp³-hybridized carbons (Fsp3) is 0.909. The summed E-state index contributed by atoms with van der Waals surface area (Å²) in [6.45, 7) is 1.66. The van der Waals surface area contributed by atoms with E-state index >= 15 is 0 Å². The van der Waals surface area contributed by atoms with Gasteiger partial charge >= 0.3 is 0 Å². The molecule has 3 rings (SSSR count). The van der Waals surface area contributed by atoms with Gasteiger partial charge in [0.2, 0.25) is 5.91 Å². The number of hydrogen-bond donors (Lipinski definition) is 2. The Morgan fingerprint density at radius 1 is 0.778 bits per heavy atom. The van der Waals surface area contributed by atoms with Crippen molar-refractivity contribution in [1.29, 1.82) is 0 Å². The molecule has 4 unspecified atom stereocenters. The first-order chi connectivity index (χ1) is 13.0. The summed E-state index contributed by atoms with van der Waals surface area (Å²) in [5, 5.41) is 6.66. The maximum Gasteiger partial charge on any atom is 0.223 e. The van der Waals surface area contributed by atoms with Gasteiger partial charge in [0.15, 0.2) is 0 Å². The molecule has 0 spiro atoms. The lowest BCUT2D eigenvalue weighted by Crippen LogP contribution is -2.45. The molecule has 0 heterocycles. The standard InChI is InChI=1S/C22H38N2O3/c1-15(25)16-5-3-6-17(13-16)22(26)24-19-7-4-8-21(14-19)27-20-11-9-18(23-2)10-12-20/h16-21,23H,3-14H2,1-2H3,(H,24,26). The zero-order chi connectivity index (χ0) is 19.2. The fourth-order valence-electron chi connectivity index (χ4n) is 5.28. The molecule has 0 saturated heterocycles. The van der Waals surface area contributed by atoms with E-state index in [1.54, 1.807) is 6.92 Å². The van der Waals surface area contributed by atoms with Crippen LogP contribution < -0.4 is 10.6 Å². The van der Waals surface area contributed by atoms with Crippen molar-refractivity contribution in [3.05, 3.63) is 0 Å². The summed E-state index contributed by atoms with van der Waals surface area (Å²) in [7, 11) is 2.05. The van der Waals surface area contributed by atoms with Crippen molar-refractivity contribution >= 4 is 11.7 Å². The molecule has 1 amide bonds. The van der Waals surface area contributed by atoms with Crippen LogP contribution in [0.4, 0.5) is 0 Å². The van der Waals surface area contributed by atoms with Crippen LogP contribution in [0.5, 0.6) is 0 Å². The van der Waals surface area contributed by atoms with Crippen LogP contribution in [0.2, 0.25) is 0 Å². The molecule has 3 aliphatic carbocycles. The van der Waals surface area contributed by atoms with Gasteiger partial charge in [0.25, 0.3) is 0 Å². The summed E-state index contributed by atoms with van der Waals surface area (Å²) >= 11 is 0. The van der Waals surface area contributed by atoms with E-state index in [4.69, 9.17) is 4.74 Å². The molecule has 0 bridgehead atoms. The van der Waals surface area contributed by atoms with E-state index < -0.39 is 0 Å². The maximum absolute atomic E-state index is 12.7. The lowest BCUT2D eigenvalue weighted by atomic mass is 9.79. The number of nitrogens with one attached hydrogen (secondary N) is 2. The van der Waals surface area contributed by atoms with Crippen molar-refractivity contribution in [3.8, 4) is 0 Å². The van der Waals surface area contributed by atoms with Gasteiger partial charge in [0.1, 0.15) is 5.78 Å². The summed E-state index contributed by atoms with van der Waals surface area (Å²) in [5.41, 5.74) is 0. The van der Waals surface area contributed by atoms with Crippen LogP contribution in [-0.4, -0.2) is 43.0 Å². The lowest BCUT2D eigenvalue weighted by molar-refractivity contribution is -0.129. The number of ketones is 1. The number of carbonyl (C=O) groups excluding carboxylic acids is 2. The monoisotopic (exact) mass is 378 g/mol. The fourth-order valence-corrected chi connectivity index (χ4v) is 5.28. The largest absolute Gasteiger partial charge is 0.375 e. The number of Topliss-reactive ketones (excluding diaryl/α,β-unsaturated/α-hetero) is 1. The smallest absolute Gasteiger partial charge is 0.223 e. The van der Waals surface area contributed by atoms with Crippen molar-refractivity contribution in [2.45, 2.75) is 108 Å². The third kappa shape index (κ3) is 6.02. The van der Waals surface area contributed by atoms with Gasteiger partial charge in [0, 0.05) is 23.9 Å². The number of ether oxygens (including phenoxy) is 1. The molecular weight excluding hydrogens is 340 g/mol. The van der Waals surface area contributed by atoms with Crippen molar-refractivity contribution in [1.82, 2.24) is 10.6 Å². The zero-order valence-electron chi connectivity index (χ0n) is 17.2. The lowest BCUT2D eigenvalue weighted by Gasteiger charge is -2.36. The molecule has 3 saturated carbocycles. The minimum absolute atomic E-state index is 0.0192. The second kappa shape index (κ2) is 10.0. The summed E-state index contributed by atoms with van der Waals surface area (Å²) in [5.74, 6) is 0.517. The number of rotatable bonds is 6. The molecule has 5 nitrogen and oxygen atoms in total. The Morgan fingerprint density at radius 2 is 1.48 bits per heavy atom. The highest BCUT2D eigenvalue weighted by molar-refractivity contribution is 5.82. The van der Waals surface area contributed by atoms with Crippen LogP contribution in [0.1, 0.15) is 84.0 Å². The molecule has 3 fully saturated rings. The highest BCUT2D eigenvalue weighted by Gasteiger charge is 2.32. The predicted molar refractivity (Wildman–Crippen MR) is 107 cm³/mol. The highest BCUT2D eigenvalue weighted by atomic mass is 16.5. The molecule has 154 valence electrons. The van der Waals surface area contributed by atoms with E-state index in [1.165, 1.54) is 12.8 Å². The van der Waals surface area contributed by atoms with E-state index in [-0.39, 0.29) is 35.7 Å². The summed E-state index contributed by atoms with van der Waals surface area (Å²) in [6.07, 6.45) is 13.2. The Morgan fingerprint density at radius 3 is 2.19 bits per heavy atom. The van der Waals surface area contributed by atoms with Crippen LogP contribution in [0.25, 0.3) is 0 Å². The molecule has 27 heavy (non-hydrogen) atoms. The Hall–Kier alpha value is -0.940. The van der Waals surface area contributed by atoms with Gasteiger partial charge in [-0.05, 0) is 84.6 Å². The van der Waals surface area contributed by atoms with Crippen LogP contribution in [-0.2, 0) is 14.3 Å². The number of hydrogen-bond acceptors (Lipinski definition) is 4. The third-order valence-corrected chi connectivity index (χ3v) is 7.06. The number of amides is 1. The SMILES string of the molecule is CNC1CCC(OC2CCCC(NC(=O)C3CCCC(C(C)=O)C3)C2)CC1. The van der Waals surface area contributed by atoms with Gasteiger partial charge in [-0.1, -0.05) is 6.42 Å². The average molecular weight is 379 g/mol.